The van der Waals surface area contributed by atoms with E-state index in [9.17, 15) is 9.00 Å². The molecule has 0 heterocycles. The molecule has 1 atom stereocenters. The van der Waals surface area contributed by atoms with Crippen molar-refractivity contribution < 1.29 is 13.7 Å². The van der Waals surface area contributed by atoms with Gasteiger partial charge in [-0.25, -0.2) is 0 Å². The van der Waals surface area contributed by atoms with Crippen molar-refractivity contribution in [1.29, 1.82) is 0 Å². The van der Waals surface area contributed by atoms with Gasteiger partial charge in [0.2, 0.25) is 5.91 Å². The lowest BCUT2D eigenvalue weighted by atomic mass is 10.1. The molecule has 0 aromatic heterocycles. The van der Waals surface area contributed by atoms with Crippen molar-refractivity contribution in [3.63, 3.8) is 0 Å². The number of hydrogen-bond donors (Lipinski definition) is 1. The standard InChI is InChI=1S/C16H17NO3S/c17-16(18)12-21(19)11-14-7-5-4-6-13(14)10-20-15-8-2-1-3-9-15/h1-9H,10-12H2,(H2,17,18)/t21-/m1/s1. The molecule has 2 aromatic carbocycles. The van der Waals surface area contributed by atoms with E-state index in [0.717, 1.165) is 16.9 Å². The van der Waals surface area contributed by atoms with Gasteiger partial charge in [0.1, 0.15) is 18.1 Å². The van der Waals surface area contributed by atoms with Crippen molar-refractivity contribution in [3.8, 4) is 5.75 Å². The maximum absolute atomic E-state index is 11.8. The maximum atomic E-state index is 11.8. The van der Waals surface area contributed by atoms with Crippen LogP contribution in [-0.2, 0) is 28.0 Å². The van der Waals surface area contributed by atoms with Gasteiger partial charge >= 0.3 is 0 Å². The molecule has 0 saturated heterocycles. The molecule has 2 N–H and O–H groups in total. The van der Waals surface area contributed by atoms with Gasteiger partial charge in [0.05, 0.1) is 0 Å². The minimum absolute atomic E-state index is 0.117. The van der Waals surface area contributed by atoms with Gasteiger partial charge in [-0.15, -0.1) is 0 Å². The highest BCUT2D eigenvalue weighted by Gasteiger charge is 2.09. The summed E-state index contributed by atoms with van der Waals surface area (Å²) in [5.74, 6) is 0.419. The zero-order chi connectivity index (χ0) is 15.1. The number of benzene rings is 2. The van der Waals surface area contributed by atoms with E-state index in [1.807, 2.05) is 54.6 Å². The molecule has 0 unspecified atom stereocenters. The first-order valence-corrected chi connectivity index (χ1v) is 8.02. The van der Waals surface area contributed by atoms with Crippen molar-refractivity contribution in [2.45, 2.75) is 12.4 Å². The molecule has 0 saturated carbocycles. The van der Waals surface area contributed by atoms with Crippen LogP contribution >= 0.6 is 0 Å². The van der Waals surface area contributed by atoms with Gasteiger partial charge in [-0.05, 0) is 23.3 Å². The van der Waals surface area contributed by atoms with E-state index < -0.39 is 16.7 Å². The highest BCUT2D eigenvalue weighted by Crippen LogP contribution is 2.16. The number of carbonyl (C=O) groups is 1. The Hall–Kier alpha value is -2.14. The van der Waals surface area contributed by atoms with Gasteiger partial charge in [-0.3, -0.25) is 9.00 Å². The first-order chi connectivity index (χ1) is 10.1. The molecule has 4 nitrogen and oxygen atoms in total. The molecule has 0 aliphatic rings. The average Bonchev–Trinajstić information content (AvgIpc) is 2.46. The van der Waals surface area contributed by atoms with Crippen molar-refractivity contribution in [1.82, 2.24) is 0 Å². The first-order valence-electron chi connectivity index (χ1n) is 6.53. The average molecular weight is 303 g/mol. The van der Waals surface area contributed by atoms with E-state index in [1.54, 1.807) is 0 Å². The third-order valence-corrected chi connectivity index (χ3v) is 4.12. The molecule has 0 radical (unpaired) electrons. The van der Waals surface area contributed by atoms with E-state index in [1.165, 1.54) is 0 Å². The minimum atomic E-state index is -1.29. The van der Waals surface area contributed by atoms with Gasteiger partial charge in [0, 0.05) is 16.6 Å². The maximum Gasteiger partial charge on any atom is 0.230 e. The molecule has 5 heteroatoms. The molecule has 110 valence electrons. The summed E-state index contributed by atoms with van der Waals surface area (Å²) in [5.41, 5.74) is 6.93. The summed E-state index contributed by atoms with van der Waals surface area (Å²) in [6, 6.07) is 17.1. The van der Waals surface area contributed by atoms with Gasteiger partial charge in [0.25, 0.3) is 0 Å². The summed E-state index contributed by atoms with van der Waals surface area (Å²) < 4.78 is 17.5. The SMILES string of the molecule is NC(=O)C[S@](=O)Cc1ccccc1COc1ccccc1. The Morgan fingerprint density at radius 3 is 2.29 bits per heavy atom. The lowest BCUT2D eigenvalue weighted by Gasteiger charge is -2.10. The van der Waals surface area contributed by atoms with Crippen molar-refractivity contribution in [3.05, 3.63) is 65.7 Å². The number of hydrogen-bond acceptors (Lipinski definition) is 3. The van der Waals surface area contributed by atoms with Crippen LogP contribution in [-0.4, -0.2) is 15.9 Å². The smallest absolute Gasteiger partial charge is 0.230 e. The van der Waals surface area contributed by atoms with Crippen LogP contribution in [0.2, 0.25) is 0 Å². The van der Waals surface area contributed by atoms with Gasteiger partial charge in [0.15, 0.2) is 0 Å². The Bertz CT molecular complexity index is 628. The van der Waals surface area contributed by atoms with E-state index in [-0.39, 0.29) is 5.75 Å². The molecule has 0 fully saturated rings. The summed E-state index contributed by atoms with van der Waals surface area (Å²) in [4.78, 5) is 10.8. The Kier molecular flexibility index (Phi) is 5.51. The number of rotatable bonds is 7. The van der Waals surface area contributed by atoms with Crippen LogP contribution in [0, 0.1) is 0 Å². The fraction of sp³-hybridized carbons (Fsp3) is 0.188. The Morgan fingerprint density at radius 2 is 1.62 bits per heavy atom. The number of ether oxygens (including phenoxy) is 1. The third kappa shape index (κ3) is 5.04. The largest absolute Gasteiger partial charge is 0.489 e. The minimum Gasteiger partial charge on any atom is -0.489 e. The van der Waals surface area contributed by atoms with E-state index >= 15 is 0 Å². The van der Waals surface area contributed by atoms with E-state index in [0.29, 0.717) is 12.4 Å². The fourth-order valence-corrected chi connectivity index (χ4v) is 2.95. The van der Waals surface area contributed by atoms with Crippen molar-refractivity contribution >= 4 is 16.7 Å². The topological polar surface area (TPSA) is 69.4 Å². The van der Waals surface area contributed by atoms with Gasteiger partial charge in [-0.2, -0.15) is 0 Å². The molecule has 0 spiro atoms. The van der Waals surface area contributed by atoms with Crippen LogP contribution in [0.15, 0.2) is 54.6 Å². The van der Waals surface area contributed by atoms with Crippen LogP contribution < -0.4 is 10.5 Å². The highest BCUT2D eigenvalue weighted by atomic mass is 32.2. The van der Waals surface area contributed by atoms with Crippen LogP contribution in [0.4, 0.5) is 0 Å². The predicted octanol–water partition coefficient (Wildman–Crippen LogP) is 2.00. The van der Waals surface area contributed by atoms with Crippen molar-refractivity contribution in [2.75, 3.05) is 5.75 Å². The Labute approximate surface area is 126 Å². The molecule has 2 rings (SSSR count). The Balaban J connectivity index is 2.03. The van der Waals surface area contributed by atoms with E-state index in [4.69, 9.17) is 10.5 Å². The van der Waals surface area contributed by atoms with Crippen molar-refractivity contribution in [2.24, 2.45) is 5.73 Å². The van der Waals surface area contributed by atoms with Gasteiger partial charge in [-0.1, -0.05) is 42.5 Å². The quantitative estimate of drug-likeness (QED) is 0.850. The van der Waals surface area contributed by atoms with Crippen LogP contribution in [0.3, 0.4) is 0 Å². The van der Waals surface area contributed by atoms with Crippen LogP contribution in [0.5, 0.6) is 5.75 Å². The number of primary amides is 1. The normalized spacial score (nSPS) is 11.8. The number of para-hydroxylation sites is 1. The summed E-state index contributed by atoms with van der Waals surface area (Å²) >= 11 is 0. The summed E-state index contributed by atoms with van der Waals surface area (Å²) in [7, 11) is -1.29. The highest BCUT2D eigenvalue weighted by molar-refractivity contribution is 7.84. The number of amides is 1. The lowest BCUT2D eigenvalue weighted by Crippen LogP contribution is -2.20. The zero-order valence-electron chi connectivity index (χ0n) is 11.5. The second kappa shape index (κ2) is 7.59. The zero-order valence-corrected chi connectivity index (χ0v) is 12.3. The fourth-order valence-electron chi connectivity index (χ4n) is 1.90. The van der Waals surface area contributed by atoms with Gasteiger partial charge < -0.3 is 10.5 Å². The molecule has 2 aromatic rings. The van der Waals surface area contributed by atoms with E-state index in [2.05, 4.69) is 0 Å². The summed E-state index contributed by atoms with van der Waals surface area (Å²) in [5, 5.41) is 0. The predicted molar refractivity (Wildman–Crippen MR) is 83.1 cm³/mol. The molecule has 1 amide bonds. The van der Waals surface area contributed by atoms with Crippen LogP contribution in [0.1, 0.15) is 11.1 Å². The second-order valence-electron chi connectivity index (χ2n) is 4.57. The molecule has 0 aliphatic heterocycles. The Morgan fingerprint density at radius 1 is 1.00 bits per heavy atom. The molecule has 0 bridgehead atoms. The number of carbonyl (C=O) groups excluding carboxylic acids is 1. The van der Waals surface area contributed by atoms with Crippen LogP contribution in [0.25, 0.3) is 0 Å². The monoisotopic (exact) mass is 303 g/mol. The first kappa shape index (κ1) is 15.3. The second-order valence-corrected chi connectivity index (χ2v) is 6.02. The lowest BCUT2D eigenvalue weighted by molar-refractivity contribution is -0.115. The third-order valence-electron chi connectivity index (χ3n) is 2.88. The summed E-state index contributed by atoms with van der Waals surface area (Å²) in [6.45, 7) is 0.397. The molecular formula is C16H17NO3S. The molecule has 0 aliphatic carbocycles. The number of nitrogens with two attached hydrogens (primary N) is 1. The molecule has 21 heavy (non-hydrogen) atoms. The summed E-state index contributed by atoms with van der Waals surface area (Å²) in [6.07, 6.45) is 0. The molecular weight excluding hydrogens is 286 g/mol.